The summed E-state index contributed by atoms with van der Waals surface area (Å²) in [5.41, 5.74) is 0.859. The minimum atomic E-state index is -2.89. The lowest BCUT2D eigenvalue weighted by atomic mass is 9.86. The standard InChI is InChI=1S/C19H28N4O2S/c1-23(19-17-8-10-20-18(17)21-13-22-19)16-6-4-15(5-7-16)12-26(24,25)11-9-14-2-3-14/h8,10,13-16H,2-7,9,11-12H2,1H3,(H,20,21,22). The van der Waals surface area contributed by atoms with Gasteiger partial charge >= 0.3 is 0 Å². The highest BCUT2D eigenvalue weighted by molar-refractivity contribution is 7.91. The van der Waals surface area contributed by atoms with Crippen LogP contribution in [0.15, 0.2) is 18.6 Å². The van der Waals surface area contributed by atoms with Crippen LogP contribution in [0.4, 0.5) is 5.82 Å². The third kappa shape index (κ3) is 4.03. The fourth-order valence-electron chi connectivity index (χ4n) is 4.21. The normalized spacial score (nSPS) is 24.0. The van der Waals surface area contributed by atoms with Gasteiger partial charge in [0, 0.05) is 19.3 Å². The molecule has 0 unspecified atom stereocenters. The van der Waals surface area contributed by atoms with E-state index in [2.05, 4.69) is 26.9 Å². The van der Waals surface area contributed by atoms with Gasteiger partial charge in [0.2, 0.25) is 0 Å². The van der Waals surface area contributed by atoms with Gasteiger partial charge in [0.1, 0.15) is 17.8 Å². The maximum atomic E-state index is 12.4. The zero-order valence-corrected chi connectivity index (χ0v) is 16.2. The van der Waals surface area contributed by atoms with Gasteiger partial charge in [0.15, 0.2) is 9.84 Å². The lowest BCUT2D eigenvalue weighted by Gasteiger charge is -2.35. The van der Waals surface area contributed by atoms with Crippen molar-refractivity contribution in [1.29, 1.82) is 0 Å². The molecule has 0 radical (unpaired) electrons. The van der Waals surface area contributed by atoms with E-state index in [0.29, 0.717) is 29.4 Å². The maximum Gasteiger partial charge on any atom is 0.150 e. The molecule has 0 saturated heterocycles. The van der Waals surface area contributed by atoms with Gasteiger partial charge in [0.05, 0.1) is 16.9 Å². The first kappa shape index (κ1) is 17.8. The van der Waals surface area contributed by atoms with E-state index in [9.17, 15) is 8.42 Å². The van der Waals surface area contributed by atoms with E-state index in [0.717, 1.165) is 49.0 Å². The van der Waals surface area contributed by atoms with Gasteiger partial charge in [0.25, 0.3) is 0 Å². The number of nitrogens with one attached hydrogen (secondary N) is 1. The predicted octanol–water partition coefficient (Wildman–Crippen LogP) is 3.17. The summed E-state index contributed by atoms with van der Waals surface area (Å²) in [5.74, 6) is 2.74. The van der Waals surface area contributed by atoms with Crippen LogP contribution in [0.2, 0.25) is 0 Å². The van der Waals surface area contributed by atoms with Crippen molar-refractivity contribution in [2.24, 2.45) is 11.8 Å². The summed E-state index contributed by atoms with van der Waals surface area (Å²) < 4.78 is 24.7. The molecule has 2 aromatic rings. The minimum absolute atomic E-state index is 0.321. The molecule has 2 aliphatic carbocycles. The number of fused-ring (bicyclic) bond motifs is 1. The molecule has 2 aromatic heterocycles. The van der Waals surface area contributed by atoms with E-state index >= 15 is 0 Å². The minimum Gasteiger partial charge on any atom is -0.356 e. The molecule has 0 spiro atoms. The number of sulfone groups is 1. The summed E-state index contributed by atoms with van der Waals surface area (Å²) in [6.45, 7) is 0. The number of anilines is 1. The van der Waals surface area contributed by atoms with Gasteiger partial charge in [-0.25, -0.2) is 18.4 Å². The lowest BCUT2D eigenvalue weighted by molar-refractivity contribution is 0.340. The number of nitrogens with zero attached hydrogens (tertiary/aromatic N) is 3. The number of hydrogen-bond acceptors (Lipinski definition) is 5. The molecule has 1 N–H and O–H groups in total. The summed E-state index contributed by atoms with van der Waals surface area (Å²) in [5, 5.41) is 1.04. The van der Waals surface area contributed by atoms with Gasteiger partial charge in [-0.3, -0.25) is 0 Å². The Morgan fingerprint density at radius 1 is 1.12 bits per heavy atom. The van der Waals surface area contributed by atoms with Crippen molar-refractivity contribution in [3.63, 3.8) is 0 Å². The van der Waals surface area contributed by atoms with Crippen molar-refractivity contribution in [1.82, 2.24) is 15.0 Å². The molecule has 0 aliphatic heterocycles. The maximum absolute atomic E-state index is 12.4. The molecule has 2 aliphatic rings. The summed E-state index contributed by atoms with van der Waals surface area (Å²) in [6, 6.07) is 2.42. The molecule has 2 fully saturated rings. The second-order valence-corrected chi connectivity index (χ2v) is 10.3. The lowest BCUT2D eigenvalue weighted by Crippen LogP contribution is -2.37. The summed E-state index contributed by atoms with van der Waals surface area (Å²) in [7, 11) is -0.796. The van der Waals surface area contributed by atoms with Gasteiger partial charge in [-0.2, -0.15) is 0 Å². The van der Waals surface area contributed by atoms with Crippen LogP contribution in [0.5, 0.6) is 0 Å². The monoisotopic (exact) mass is 376 g/mol. The molecule has 0 amide bonds. The molecule has 0 bridgehead atoms. The van der Waals surface area contributed by atoms with Crippen molar-refractivity contribution in [3.8, 4) is 0 Å². The second kappa shape index (κ2) is 7.18. The first-order chi connectivity index (χ1) is 12.5. The van der Waals surface area contributed by atoms with Crippen LogP contribution >= 0.6 is 0 Å². The smallest absolute Gasteiger partial charge is 0.150 e. The van der Waals surface area contributed by atoms with Crippen LogP contribution in [0.25, 0.3) is 11.0 Å². The number of aromatic nitrogens is 3. The Balaban J connectivity index is 1.33. The Bertz CT molecular complexity index is 851. The van der Waals surface area contributed by atoms with Crippen LogP contribution in [0, 0.1) is 11.8 Å². The van der Waals surface area contributed by atoms with Crippen molar-refractivity contribution in [2.45, 2.75) is 51.0 Å². The van der Waals surface area contributed by atoms with E-state index < -0.39 is 9.84 Å². The average molecular weight is 377 g/mol. The van der Waals surface area contributed by atoms with E-state index in [-0.39, 0.29) is 0 Å². The van der Waals surface area contributed by atoms with Crippen molar-refractivity contribution in [3.05, 3.63) is 18.6 Å². The molecule has 2 heterocycles. The summed E-state index contributed by atoms with van der Waals surface area (Å²) in [4.78, 5) is 14.1. The first-order valence-corrected chi connectivity index (χ1v) is 11.6. The van der Waals surface area contributed by atoms with Crippen LogP contribution in [-0.4, -0.2) is 48.0 Å². The van der Waals surface area contributed by atoms with Crippen LogP contribution in [0.3, 0.4) is 0 Å². The molecule has 6 nitrogen and oxygen atoms in total. The Labute approximate surface area is 155 Å². The number of H-pyrrole nitrogens is 1. The van der Waals surface area contributed by atoms with Crippen molar-refractivity contribution < 1.29 is 8.42 Å². The zero-order valence-electron chi connectivity index (χ0n) is 15.4. The van der Waals surface area contributed by atoms with Gasteiger partial charge in [-0.1, -0.05) is 12.8 Å². The molecule has 142 valence electrons. The molecule has 2 saturated carbocycles. The zero-order chi connectivity index (χ0) is 18.1. The molecular formula is C19H28N4O2S. The summed E-state index contributed by atoms with van der Waals surface area (Å²) in [6.07, 6.45) is 10.8. The van der Waals surface area contributed by atoms with Crippen molar-refractivity contribution in [2.75, 3.05) is 23.5 Å². The molecule has 0 atom stereocenters. The SMILES string of the molecule is CN(c1ncnc2[nH]ccc12)C1CCC(CS(=O)(=O)CCC2CC2)CC1. The highest BCUT2D eigenvalue weighted by Gasteiger charge is 2.30. The topological polar surface area (TPSA) is 79.0 Å². The van der Waals surface area contributed by atoms with E-state index in [1.165, 1.54) is 12.8 Å². The first-order valence-electron chi connectivity index (χ1n) is 9.73. The Morgan fingerprint density at radius 2 is 1.85 bits per heavy atom. The number of aromatic amines is 1. The van der Waals surface area contributed by atoms with Gasteiger partial charge in [-0.15, -0.1) is 0 Å². The average Bonchev–Trinajstić information content (AvgIpc) is 3.34. The van der Waals surface area contributed by atoms with E-state index in [1.54, 1.807) is 6.33 Å². The quantitative estimate of drug-likeness (QED) is 0.803. The largest absolute Gasteiger partial charge is 0.356 e. The fraction of sp³-hybridized carbons (Fsp3) is 0.684. The van der Waals surface area contributed by atoms with Gasteiger partial charge in [-0.05, 0) is 50.0 Å². The number of rotatable bonds is 7. The third-order valence-corrected chi connectivity index (χ3v) is 7.89. The summed E-state index contributed by atoms with van der Waals surface area (Å²) >= 11 is 0. The highest BCUT2D eigenvalue weighted by Crippen LogP contribution is 2.34. The molecule has 26 heavy (non-hydrogen) atoms. The Morgan fingerprint density at radius 3 is 2.58 bits per heavy atom. The number of hydrogen-bond donors (Lipinski definition) is 1. The second-order valence-electron chi connectivity index (χ2n) is 8.07. The highest BCUT2D eigenvalue weighted by atomic mass is 32.2. The van der Waals surface area contributed by atoms with E-state index in [1.807, 2.05) is 12.3 Å². The van der Waals surface area contributed by atoms with Crippen LogP contribution in [0.1, 0.15) is 44.9 Å². The molecular weight excluding hydrogens is 348 g/mol. The van der Waals surface area contributed by atoms with Crippen LogP contribution in [-0.2, 0) is 9.84 Å². The Kier molecular flexibility index (Phi) is 4.90. The molecule has 4 rings (SSSR count). The van der Waals surface area contributed by atoms with Crippen LogP contribution < -0.4 is 4.90 Å². The van der Waals surface area contributed by atoms with E-state index in [4.69, 9.17) is 0 Å². The molecule has 0 aromatic carbocycles. The molecule has 7 heteroatoms. The van der Waals surface area contributed by atoms with Gasteiger partial charge < -0.3 is 9.88 Å². The van der Waals surface area contributed by atoms with Crippen molar-refractivity contribution >= 4 is 26.7 Å². The Hall–Kier alpha value is -1.63. The third-order valence-electron chi connectivity index (χ3n) is 6.05. The predicted molar refractivity (Wildman–Crippen MR) is 104 cm³/mol. The fourth-order valence-corrected chi connectivity index (χ4v) is 6.12.